The zero-order valence-corrected chi connectivity index (χ0v) is 7.24. The Labute approximate surface area is 63.6 Å². The molecule has 3 aliphatic rings. The standard InChI is InChI=1S/C8H15OP/c9-7-8-1-4-10(5-2-8)6-3-8/h9H,1-7H2. The van der Waals surface area contributed by atoms with Crippen LogP contribution in [-0.2, 0) is 0 Å². The average molecular weight is 158 g/mol. The Kier molecular flexibility index (Phi) is 1.74. The molecular formula is C8H15OP. The van der Waals surface area contributed by atoms with Crippen molar-refractivity contribution in [3.63, 3.8) is 0 Å². The lowest BCUT2D eigenvalue weighted by atomic mass is 9.80. The molecule has 3 aliphatic heterocycles. The van der Waals surface area contributed by atoms with Gasteiger partial charge in [-0.25, -0.2) is 0 Å². The van der Waals surface area contributed by atoms with Crippen molar-refractivity contribution in [2.75, 3.05) is 25.1 Å². The lowest BCUT2D eigenvalue weighted by Crippen LogP contribution is -2.36. The number of aliphatic hydroxyl groups excluding tert-OH is 1. The molecule has 2 heteroatoms. The fourth-order valence-electron chi connectivity index (χ4n) is 2.13. The van der Waals surface area contributed by atoms with Crippen molar-refractivity contribution in [1.82, 2.24) is 0 Å². The highest BCUT2D eigenvalue weighted by molar-refractivity contribution is 7.57. The Hall–Kier alpha value is 0.390. The molecule has 3 rings (SSSR count). The summed E-state index contributed by atoms with van der Waals surface area (Å²) in [7, 11) is 0.448. The number of fused-ring (bicyclic) bond motifs is 3. The predicted octanol–water partition coefficient (Wildman–Crippen LogP) is 1.64. The van der Waals surface area contributed by atoms with Gasteiger partial charge in [0.2, 0.25) is 0 Å². The normalized spacial score (nSPS) is 45.9. The summed E-state index contributed by atoms with van der Waals surface area (Å²) in [6.07, 6.45) is 8.35. The summed E-state index contributed by atoms with van der Waals surface area (Å²) in [6.45, 7) is 0.455. The predicted molar refractivity (Wildman–Crippen MR) is 44.9 cm³/mol. The van der Waals surface area contributed by atoms with Crippen molar-refractivity contribution in [2.24, 2.45) is 5.41 Å². The highest BCUT2D eigenvalue weighted by Gasteiger charge is 2.39. The number of hydrogen-bond donors (Lipinski definition) is 1. The first-order valence-electron chi connectivity index (χ1n) is 4.18. The molecule has 0 aromatic carbocycles. The van der Waals surface area contributed by atoms with Crippen LogP contribution in [0.25, 0.3) is 0 Å². The molecule has 1 N–H and O–H groups in total. The summed E-state index contributed by atoms with van der Waals surface area (Å²) in [6, 6.07) is 0. The van der Waals surface area contributed by atoms with Gasteiger partial charge >= 0.3 is 0 Å². The van der Waals surface area contributed by atoms with Crippen LogP contribution in [0.3, 0.4) is 0 Å². The van der Waals surface area contributed by atoms with E-state index in [1.807, 2.05) is 0 Å². The highest BCUT2D eigenvalue weighted by Crippen LogP contribution is 2.56. The highest BCUT2D eigenvalue weighted by atomic mass is 31.1. The maximum atomic E-state index is 9.17. The molecular weight excluding hydrogens is 143 g/mol. The van der Waals surface area contributed by atoms with E-state index in [0.717, 1.165) is 0 Å². The number of rotatable bonds is 1. The molecule has 3 fully saturated rings. The summed E-state index contributed by atoms with van der Waals surface area (Å²) >= 11 is 0. The fourth-order valence-corrected chi connectivity index (χ4v) is 5.18. The summed E-state index contributed by atoms with van der Waals surface area (Å²) in [5.41, 5.74) is 0.400. The molecule has 0 unspecified atom stereocenters. The first-order chi connectivity index (χ1) is 4.85. The van der Waals surface area contributed by atoms with Crippen molar-refractivity contribution < 1.29 is 5.11 Å². The zero-order valence-electron chi connectivity index (χ0n) is 6.34. The van der Waals surface area contributed by atoms with E-state index in [4.69, 9.17) is 0 Å². The van der Waals surface area contributed by atoms with Crippen LogP contribution < -0.4 is 0 Å². The van der Waals surface area contributed by atoms with Crippen LogP contribution in [0.2, 0.25) is 0 Å². The Bertz CT molecular complexity index is 113. The van der Waals surface area contributed by atoms with Gasteiger partial charge in [0.15, 0.2) is 0 Å². The van der Waals surface area contributed by atoms with Gasteiger partial charge in [-0.15, -0.1) is 7.92 Å². The van der Waals surface area contributed by atoms with E-state index in [-0.39, 0.29) is 0 Å². The second-order valence-electron chi connectivity index (χ2n) is 3.75. The lowest BCUT2D eigenvalue weighted by Gasteiger charge is -2.45. The van der Waals surface area contributed by atoms with Crippen LogP contribution >= 0.6 is 7.92 Å². The Morgan fingerprint density at radius 3 is 1.90 bits per heavy atom. The van der Waals surface area contributed by atoms with E-state index in [0.29, 0.717) is 19.9 Å². The first kappa shape index (κ1) is 7.06. The smallest absolute Gasteiger partial charge is 0.0487 e. The third kappa shape index (κ3) is 1.00. The van der Waals surface area contributed by atoms with Crippen LogP contribution in [-0.4, -0.2) is 30.2 Å². The van der Waals surface area contributed by atoms with E-state index in [1.165, 1.54) is 37.7 Å². The Balaban J connectivity index is 2.08. The van der Waals surface area contributed by atoms with Crippen LogP contribution in [0.5, 0.6) is 0 Å². The summed E-state index contributed by atoms with van der Waals surface area (Å²) in [5, 5.41) is 9.17. The molecule has 3 heterocycles. The molecule has 2 bridgehead atoms. The Morgan fingerprint density at radius 1 is 1.10 bits per heavy atom. The van der Waals surface area contributed by atoms with E-state index >= 15 is 0 Å². The molecule has 0 aromatic rings. The second-order valence-corrected chi connectivity index (χ2v) is 6.43. The minimum Gasteiger partial charge on any atom is -0.396 e. The van der Waals surface area contributed by atoms with E-state index in [2.05, 4.69) is 0 Å². The van der Waals surface area contributed by atoms with E-state index in [9.17, 15) is 5.11 Å². The third-order valence-electron chi connectivity index (χ3n) is 3.21. The summed E-state index contributed by atoms with van der Waals surface area (Å²) in [5.74, 6) is 0. The fraction of sp³-hybridized carbons (Fsp3) is 1.00. The van der Waals surface area contributed by atoms with E-state index < -0.39 is 0 Å². The lowest BCUT2D eigenvalue weighted by molar-refractivity contribution is 0.103. The topological polar surface area (TPSA) is 20.2 Å². The molecule has 0 aromatic heterocycles. The molecule has 10 heavy (non-hydrogen) atoms. The largest absolute Gasteiger partial charge is 0.396 e. The van der Waals surface area contributed by atoms with Gasteiger partial charge in [-0.3, -0.25) is 0 Å². The molecule has 0 aliphatic carbocycles. The molecule has 0 radical (unpaired) electrons. The van der Waals surface area contributed by atoms with E-state index in [1.54, 1.807) is 0 Å². The number of hydrogen-bond acceptors (Lipinski definition) is 1. The minimum absolute atomic E-state index is 0.400. The zero-order chi connectivity index (χ0) is 7.03. The van der Waals surface area contributed by atoms with Gasteiger partial charge in [0.25, 0.3) is 0 Å². The monoisotopic (exact) mass is 158 g/mol. The van der Waals surface area contributed by atoms with Gasteiger partial charge in [0, 0.05) is 6.61 Å². The molecule has 1 nitrogen and oxygen atoms in total. The van der Waals surface area contributed by atoms with Crippen molar-refractivity contribution in [3.8, 4) is 0 Å². The Morgan fingerprint density at radius 2 is 1.60 bits per heavy atom. The molecule has 0 saturated carbocycles. The summed E-state index contributed by atoms with van der Waals surface area (Å²) in [4.78, 5) is 0. The van der Waals surface area contributed by atoms with Gasteiger partial charge in [0.1, 0.15) is 0 Å². The molecule has 3 saturated heterocycles. The van der Waals surface area contributed by atoms with Gasteiger partial charge in [-0.1, -0.05) is 0 Å². The first-order valence-corrected chi connectivity index (χ1v) is 6.08. The average Bonchev–Trinajstić information content (AvgIpc) is 2.08. The van der Waals surface area contributed by atoms with Gasteiger partial charge < -0.3 is 5.11 Å². The molecule has 0 atom stereocenters. The third-order valence-corrected chi connectivity index (χ3v) is 5.78. The van der Waals surface area contributed by atoms with Crippen molar-refractivity contribution in [1.29, 1.82) is 0 Å². The molecule has 0 spiro atoms. The van der Waals surface area contributed by atoms with Gasteiger partial charge in [-0.05, 0) is 43.2 Å². The molecule has 58 valence electrons. The molecule has 0 amide bonds. The quantitative estimate of drug-likeness (QED) is 0.575. The number of aliphatic hydroxyl groups is 1. The van der Waals surface area contributed by atoms with Gasteiger partial charge in [0.05, 0.1) is 0 Å². The summed E-state index contributed by atoms with van der Waals surface area (Å²) < 4.78 is 0. The van der Waals surface area contributed by atoms with Gasteiger partial charge in [-0.2, -0.15) is 0 Å². The van der Waals surface area contributed by atoms with Crippen LogP contribution in [0.1, 0.15) is 19.3 Å². The van der Waals surface area contributed by atoms with Crippen molar-refractivity contribution >= 4 is 7.92 Å². The van der Waals surface area contributed by atoms with Crippen LogP contribution in [0.4, 0.5) is 0 Å². The van der Waals surface area contributed by atoms with Crippen LogP contribution in [0.15, 0.2) is 0 Å². The van der Waals surface area contributed by atoms with Crippen molar-refractivity contribution in [2.45, 2.75) is 19.3 Å². The SMILES string of the molecule is OCC12CCP(CC1)CC2. The van der Waals surface area contributed by atoms with Crippen molar-refractivity contribution in [3.05, 3.63) is 0 Å². The van der Waals surface area contributed by atoms with Crippen LogP contribution in [0, 0.1) is 5.41 Å². The second kappa shape index (κ2) is 2.46. The maximum Gasteiger partial charge on any atom is 0.0487 e. The maximum absolute atomic E-state index is 9.17. The minimum atomic E-state index is 0.400.